The number of nitriles is 1. The molecule has 0 atom stereocenters. The molecule has 0 saturated carbocycles. The summed E-state index contributed by atoms with van der Waals surface area (Å²) in [6, 6.07) is 14.6. The lowest BCUT2D eigenvalue weighted by atomic mass is 9.77. The second-order valence-electron chi connectivity index (χ2n) is 7.69. The number of hydrogen-bond acceptors (Lipinski definition) is 7. The first-order valence-electron chi connectivity index (χ1n) is 9.66. The molecular weight excluding hydrogens is 397 g/mol. The average molecular weight is 421 g/mol. The minimum Gasteiger partial charge on any atom is -0.487 e. The summed E-state index contributed by atoms with van der Waals surface area (Å²) in [5, 5.41) is 19.3. The van der Waals surface area contributed by atoms with Crippen molar-refractivity contribution in [2.24, 2.45) is 0 Å². The minimum atomic E-state index is -0.498. The van der Waals surface area contributed by atoms with Crippen molar-refractivity contribution in [2.75, 3.05) is 12.5 Å². The quantitative estimate of drug-likeness (QED) is 0.548. The Morgan fingerprint density at radius 1 is 1.19 bits per heavy atom. The highest BCUT2D eigenvalue weighted by Gasteiger charge is 2.25. The van der Waals surface area contributed by atoms with Crippen LogP contribution in [0.1, 0.15) is 41.8 Å². The predicted molar refractivity (Wildman–Crippen MR) is 114 cm³/mol. The number of aromatic nitrogens is 2. The number of hydroxylamine groups is 1. The molecule has 0 radical (unpaired) electrons. The van der Waals surface area contributed by atoms with Crippen LogP contribution in [0.2, 0.25) is 0 Å². The second kappa shape index (κ2) is 9.08. The Bertz CT molecular complexity index is 1110. The van der Waals surface area contributed by atoms with Crippen LogP contribution in [-0.4, -0.2) is 27.4 Å². The molecule has 0 unspecified atom stereocenters. The number of anilines is 1. The van der Waals surface area contributed by atoms with Gasteiger partial charge >= 0.3 is 0 Å². The van der Waals surface area contributed by atoms with Crippen LogP contribution in [0.4, 0.5) is 10.3 Å². The third-order valence-corrected chi connectivity index (χ3v) is 5.12. The van der Waals surface area contributed by atoms with Gasteiger partial charge in [-0.1, -0.05) is 26.0 Å². The molecule has 1 aromatic heterocycles. The molecule has 160 valence electrons. The van der Waals surface area contributed by atoms with Crippen molar-refractivity contribution < 1.29 is 14.3 Å². The van der Waals surface area contributed by atoms with Gasteiger partial charge in [-0.05, 0) is 48.4 Å². The molecule has 0 aliphatic heterocycles. The van der Waals surface area contributed by atoms with Gasteiger partial charge in [0.05, 0.1) is 17.3 Å². The molecular formula is C23H24FN5O2. The Kier molecular flexibility index (Phi) is 6.49. The van der Waals surface area contributed by atoms with Gasteiger partial charge in [-0.3, -0.25) is 10.6 Å². The van der Waals surface area contributed by atoms with E-state index in [0.717, 1.165) is 16.3 Å². The van der Waals surface area contributed by atoms with Crippen LogP contribution >= 0.6 is 0 Å². The topological polar surface area (TPSA) is 94.3 Å². The van der Waals surface area contributed by atoms with Gasteiger partial charge < -0.3 is 4.74 Å². The van der Waals surface area contributed by atoms with Crippen molar-refractivity contribution in [1.29, 1.82) is 5.26 Å². The zero-order valence-electron chi connectivity index (χ0n) is 17.8. The third-order valence-electron chi connectivity index (χ3n) is 5.12. The summed E-state index contributed by atoms with van der Waals surface area (Å²) in [5.74, 6) is 0.526. The highest BCUT2D eigenvalue weighted by Crippen LogP contribution is 2.34. The summed E-state index contributed by atoms with van der Waals surface area (Å²) in [6.45, 7) is 5.81. The zero-order chi connectivity index (χ0) is 22.6. The average Bonchev–Trinajstić information content (AvgIpc) is 2.74. The number of halogens is 1. The summed E-state index contributed by atoms with van der Waals surface area (Å²) in [4.78, 5) is 8.24. The van der Waals surface area contributed by atoms with Gasteiger partial charge in [0.1, 0.15) is 18.2 Å². The number of hydrogen-bond donors (Lipinski definition) is 2. The van der Waals surface area contributed by atoms with Gasteiger partial charge in [0.15, 0.2) is 0 Å². The Morgan fingerprint density at radius 3 is 2.55 bits per heavy atom. The van der Waals surface area contributed by atoms with Crippen LogP contribution in [0.5, 0.6) is 5.75 Å². The summed E-state index contributed by atoms with van der Waals surface area (Å²) < 4.78 is 20.1. The van der Waals surface area contributed by atoms with E-state index in [1.165, 1.54) is 13.1 Å². The second-order valence-corrected chi connectivity index (χ2v) is 7.69. The van der Waals surface area contributed by atoms with Gasteiger partial charge in [-0.15, -0.1) is 5.17 Å². The van der Waals surface area contributed by atoms with Crippen molar-refractivity contribution in [3.8, 4) is 11.8 Å². The fraction of sp³-hybridized carbons (Fsp3) is 0.261. The lowest BCUT2D eigenvalue weighted by Crippen LogP contribution is -2.22. The SMILES string of the molecule is Cc1c(F)cc(C(C)(C)c2ccc(OCc3ccnc(NN(C)O)n3)cc2)cc1C#N. The number of benzene rings is 2. The summed E-state index contributed by atoms with van der Waals surface area (Å²) in [7, 11) is 1.42. The van der Waals surface area contributed by atoms with Crippen molar-refractivity contribution in [2.45, 2.75) is 32.8 Å². The van der Waals surface area contributed by atoms with E-state index in [2.05, 4.69) is 21.5 Å². The number of rotatable bonds is 7. The maximum absolute atomic E-state index is 14.3. The molecule has 2 N–H and O–H groups in total. The first-order chi connectivity index (χ1) is 14.7. The highest BCUT2D eigenvalue weighted by atomic mass is 19.1. The zero-order valence-corrected chi connectivity index (χ0v) is 17.8. The van der Waals surface area contributed by atoms with Gasteiger partial charge in [-0.2, -0.15) is 5.26 Å². The first-order valence-corrected chi connectivity index (χ1v) is 9.66. The van der Waals surface area contributed by atoms with E-state index in [0.29, 0.717) is 22.6 Å². The Hall–Kier alpha value is -3.54. The van der Waals surface area contributed by atoms with E-state index in [4.69, 9.17) is 4.74 Å². The molecule has 7 nitrogen and oxygen atoms in total. The smallest absolute Gasteiger partial charge is 0.239 e. The van der Waals surface area contributed by atoms with Crippen molar-refractivity contribution in [3.05, 3.63) is 82.4 Å². The molecule has 0 saturated heterocycles. The maximum Gasteiger partial charge on any atom is 0.239 e. The van der Waals surface area contributed by atoms with Crippen molar-refractivity contribution in [3.63, 3.8) is 0 Å². The van der Waals surface area contributed by atoms with E-state index >= 15 is 0 Å². The standard InChI is InChI=1S/C23H24FN5O2/c1-15-16(13-25)11-18(12-21(15)24)23(2,3)17-5-7-20(8-6-17)31-14-19-9-10-26-22(27-19)28-29(4)30/h5-12,30H,14H2,1-4H3,(H,26,27,28). The Balaban J connectivity index is 1.74. The number of nitrogens with one attached hydrogen (secondary N) is 1. The van der Waals surface area contributed by atoms with E-state index in [1.807, 2.05) is 38.1 Å². The van der Waals surface area contributed by atoms with Crippen LogP contribution in [0.3, 0.4) is 0 Å². The van der Waals surface area contributed by atoms with E-state index in [1.54, 1.807) is 25.3 Å². The van der Waals surface area contributed by atoms with Crippen LogP contribution in [0.15, 0.2) is 48.7 Å². The van der Waals surface area contributed by atoms with Gasteiger partial charge in [0.25, 0.3) is 0 Å². The predicted octanol–water partition coefficient (Wildman–Crippen LogP) is 4.35. The van der Waals surface area contributed by atoms with Crippen molar-refractivity contribution in [1.82, 2.24) is 15.1 Å². The lowest BCUT2D eigenvalue weighted by molar-refractivity contribution is -0.0394. The molecule has 2 aromatic carbocycles. The molecule has 1 heterocycles. The van der Waals surface area contributed by atoms with E-state index < -0.39 is 5.41 Å². The van der Waals surface area contributed by atoms with Crippen LogP contribution < -0.4 is 10.2 Å². The number of hydrazine groups is 1. The Morgan fingerprint density at radius 2 is 1.90 bits per heavy atom. The maximum atomic E-state index is 14.3. The molecule has 0 spiro atoms. The molecule has 0 aliphatic rings. The van der Waals surface area contributed by atoms with Gasteiger partial charge in [0, 0.05) is 24.2 Å². The first kappa shape index (κ1) is 22.2. The fourth-order valence-corrected chi connectivity index (χ4v) is 3.12. The molecule has 0 amide bonds. The third kappa shape index (κ3) is 5.15. The van der Waals surface area contributed by atoms with Gasteiger partial charge in [-0.25, -0.2) is 14.4 Å². The lowest BCUT2D eigenvalue weighted by Gasteiger charge is -2.27. The molecule has 31 heavy (non-hydrogen) atoms. The minimum absolute atomic E-state index is 0.226. The summed E-state index contributed by atoms with van der Waals surface area (Å²) >= 11 is 0. The molecule has 0 fully saturated rings. The molecule has 0 bridgehead atoms. The van der Waals surface area contributed by atoms with Crippen LogP contribution in [0, 0.1) is 24.1 Å². The fourth-order valence-electron chi connectivity index (χ4n) is 3.12. The summed E-state index contributed by atoms with van der Waals surface area (Å²) in [6.07, 6.45) is 1.57. The van der Waals surface area contributed by atoms with E-state index in [9.17, 15) is 14.9 Å². The summed E-state index contributed by atoms with van der Waals surface area (Å²) in [5.41, 5.74) is 5.11. The Labute approximate surface area is 180 Å². The molecule has 3 aromatic rings. The number of nitrogens with zero attached hydrogens (tertiary/aromatic N) is 4. The molecule has 0 aliphatic carbocycles. The van der Waals surface area contributed by atoms with Crippen LogP contribution in [0.25, 0.3) is 0 Å². The molecule has 8 heteroatoms. The van der Waals surface area contributed by atoms with Gasteiger partial charge in [0.2, 0.25) is 5.95 Å². The molecule has 3 rings (SSSR count). The van der Waals surface area contributed by atoms with Crippen LogP contribution in [-0.2, 0) is 12.0 Å². The largest absolute Gasteiger partial charge is 0.487 e. The van der Waals surface area contributed by atoms with Crippen molar-refractivity contribution >= 4 is 5.95 Å². The monoisotopic (exact) mass is 421 g/mol. The normalized spacial score (nSPS) is 11.3. The number of ether oxygens (including phenoxy) is 1. The highest BCUT2D eigenvalue weighted by molar-refractivity contribution is 5.47. The van der Waals surface area contributed by atoms with E-state index in [-0.39, 0.29) is 18.4 Å².